The minimum absolute atomic E-state index is 0. The topological polar surface area (TPSA) is 48.6 Å². The summed E-state index contributed by atoms with van der Waals surface area (Å²) in [5.41, 5.74) is 9.71. The number of benzene rings is 4. The number of hydrogen-bond donors (Lipinski definition) is 0. The average molecular weight is 825 g/mol. The Balaban J connectivity index is 0.00000348. The predicted octanol–water partition coefficient (Wildman–Crippen LogP) is 10.2. The Hall–Kier alpha value is -4.21. The number of hydrogen-bond acceptors (Lipinski definition) is 4. The smallest absolute Gasteiger partial charge is 0.518 e. The van der Waals surface area contributed by atoms with Gasteiger partial charge in [-0.3, -0.25) is 4.99 Å². The van der Waals surface area contributed by atoms with Crippen LogP contribution in [0.2, 0.25) is 0 Å². The van der Waals surface area contributed by atoms with Crippen molar-refractivity contribution >= 4 is 27.7 Å². The van der Waals surface area contributed by atoms with Crippen LogP contribution in [0, 0.1) is 31.9 Å². The number of pyridine rings is 1. The molecule has 4 aromatic carbocycles. The Bertz CT molecular complexity index is 2260. The molecule has 0 bridgehead atoms. The van der Waals surface area contributed by atoms with Gasteiger partial charge in [-0.05, 0) is 48.3 Å². The van der Waals surface area contributed by atoms with Crippen molar-refractivity contribution in [3.05, 3.63) is 119 Å². The zero-order chi connectivity index (χ0) is 32.6. The van der Waals surface area contributed by atoms with Gasteiger partial charge < -0.3 is 14.0 Å². The minimum atomic E-state index is -0.184. The summed E-state index contributed by atoms with van der Waals surface area (Å²) in [6.45, 7) is 9.53. The molecule has 3 aliphatic rings. The molecule has 0 amide bonds. The maximum atomic E-state index is 6.76. The first-order valence-corrected chi connectivity index (χ1v) is 17.3. The van der Waals surface area contributed by atoms with Gasteiger partial charge in [-0.2, -0.15) is 6.07 Å². The number of aryl methyl sites for hydroxylation is 2. The van der Waals surface area contributed by atoms with E-state index < -0.39 is 0 Å². The van der Waals surface area contributed by atoms with Gasteiger partial charge in [0, 0.05) is 34.2 Å². The quantitative estimate of drug-likeness (QED) is 0.163. The summed E-state index contributed by atoms with van der Waals surface area (Å²) in [6.07, 6.45) is 8.27. The van der Waals surface area contributed by atoms with Crippen molar-refractivity contribution in [3.8, 4) is 28.4 Å². The Kier molecular flexibility index (Phi) is 8.03. The molecule has 0 radical (unpaired) electrons. The third-order valence-corrected chi connectivity index (χ3v) is 10.8. The molecule has 0 unspecified atom stereocenters. The van der Waals surface area contributed by atoms with Gasteiger partial charge in [0.05, 0.1) is 12.6 Å². The van der Waals surface area contributed by atoms with Crippen molar-refractivity contribution in [2.75, 3.05) is 6.61 Å². The summed E-state index contributed by atoms with van der Waals surface area (Å²) < 4.78 is 15.3. The molecule has 1 atom stereocenters. The van der Waals surface area contributed by atoms with Gasteiger partial charge in [-0.1, -0.05) is 123 Å². The number of ether oxygens (including phenoxy) is 2. The summed E-state index contributed by atoms with van der Waals surface area (Å²) in [4.78, 5) is 10.0. The number of rotatable bonds is 5. The summed E-state index contributed by atoms with van der Waals surface area (Å²) in [6, 6.07) is 33.2. The summed E-state index contributed by atoms with van der Waals surface area (Å²) in [7, 11) is 0. The Labute approximate surface area is 302 Å². The molecule has 1 saturated carbocycles. The van der Waals surface area contributed by atoms with Crippen LogP contribution in [0.5, 0.6) is 11.5 Å². The van der Waals surface area contributed by atoms with E-state index in [0.717, 1.165) is 39.0 Å². The van der Waals surface area contributed by atoms with Crippen LogP contribution in [0.1, 0.15) is 73.8 Å². The van der Waals surface area contributed by atoms with E-state index in [0.29, 0.717) is 29.9 Å². The zero-order valence-electron chi connectivity index (χ0n) is 28.4. The van der Waals surface area contributed by atoms with E-state index in [-0.39, 0.29) is 32.5 Å². The second kappa shape index (κ2) is 12.3. The van der Waals surface area contributed by atoms with E-state index >= 15 is 0 Å². The molecule has 49 heavy (non-hydrogen) atoms. The van der Waals surface area contributed by atoms with Gasteiger partial charge in [-0.15, -0.1) is 23.1 Å². The Morgan fingerprint density at radius 1 is 0.857 bits per heavy atom. The molecule has 5 nitrogen and oxygen atoms in total. The van der Waals surface area contributed by atoms with Crippen molar-refractivity contribution in [3.63, 3.8) is 0 Å². The van der Waals surface area contributed by atoms with E-state index in [4.69, 9.17) is 19.5 Å². The summed E-state index contributed by atoms with van der Waals surface area (Å²) >= 11 is 0. The van der Waals surface area contributed by atoms with Crippen molar-refractivity contribution in [2.45, 2.75) is 71.3 Å². The van der Waals surface area contributed by atoms with Crippen LogP contribution < -0.4 is 4.74 Å². The molecule has 0 saturated heterocycles. The van der Waals surface area contributed by atoms with Gasteiger partial charge in [-0.25, -0.2) is 4.98 Å². The fourth-order valence-electron chi connectivity index (χ4n) is 8.26. The van der Waals surface area contributed by atoms with E-state index in [9.17, 15) is 0 Å². The van der Waals surface area contributed by atoms with Crippen molar-refractivity contribution in [1.82, 2.24) is 9.55 Å². The third-order valence-electron chi connectivity index (χ3n) is 10.8. The van der Waals surface area contributed by atoms with Gasteiger partial charge >= 0.3 is 21.1 Å². The van der Waals surface area contributed by atoms with Crippen LogP contribution in [-0.2, 0) is 31.2 Å². The van der Waals surface area contributed by atoms with Crippen LogP contribution >= 0.6 is 0 Å². The van der Waals surface area contributed by atoms with E-state index in [1.165, 1.54) is 59.7 Å². The van der Waals surface area contributed by atoms with Gasteiger partial charge in [0.1, 0.15) is 11.7 Å². The fourth-order valence-corrected chi connectivity index (χ4v) is 8.26. The van der Waals surface area contributed by atoms with Gasteiger partial charge in [0.15, 0.2) is 0 Å². The molecule has 0 N–H and O–H groups in total. The molecule has 6 heteroatoms. The standard InChI is InChI=1S/C43H39N3O2.Pt/c1-26-18-34-33-20-27(2)39(24-38(33)46-40(34)36(19-26)43(3,4)35-16-11-17-44-41(35)46)48-32-22-30(28-12-7-5-8-13-28)21-31(23-32)42-45-37(25-47-42)29-14-9-6-10-15-29;/h5,7-8,11-13,16-22,29,37H,6,9-10,14-15,25H2,1-4H3;/q-2;+2/t37-;/m0./s1. The van der Waals surface area contributed by atoms with E-state index in [2.05, 4.69) is 105 Å². The van der Waals surface area contributed by atoms with Crippen molar-refractivity contribution < 1.29 is 30.5 Å². The Morgan fingerprint density at radius 3 is 2.49 bits per heavy atom. The molecule has 1 fully saturated rings. The fraction of sp³-hybridized carbons (Fsp3) is 0.302. The maximum absolute atomic E-state index is 6.76. The SMILES string of the molecule is Cc1cc2c3c(c1)c1cc(C)c(Oc4[c-]c(C5=N[C@H](C6CCCCC6)CO5)cc(-c5ccccc5)c4)[c-]c1n3-c1ncccc1C2(C)C.[Pt+2]. The second-order valence-corrected chi connectivity index (χ2v) is 14.4. The van der Waals surface area contributed by atoms with Crippen LogP contribution in [0.15, 0.2) is 84.0 Å². The minimum Gasteiger partial charge on any atom is -0.518 e. The van der Waals surface area contributed by atoms with Crippen molar-refractivity contribution in [2.24, 2.45) is 10.9 Å². The van der Waals surface area contributed by atoms with Gasteiger partial charge in [0.25, 0.3) is 0 Å². The van der Waals surface area contributed by atoms with E-state index in [1.807, 2.05) is 18.3 Å². The van der Waals surface area contributed by atoms with Gasteiger partial charge in [0.2, 0.25) is 0 Å². The van der Waals surface area contributed by atoms with Crippen LogP contribution in [0.4, 0.5) is 0 Å². The molecule has 0 spiro atoms. The number of nitrogens with zero attached hydrogens (tertiary/aromatic N) is 3. The summed E-state index contributed by atoms with van der Waals surface area (Å²) in [5, 5.41) is 2.37. The second-order valence-electron chi connectivity index (χ2n) is 14.4. The monoisotopic (exact) mass is 824 g/mol. The number of fused-ring (bicyclic) bond motifs is 5. The first-order valence-electron chi connectivity index (χ1n) is 17.3. The first-order chi connectivity index (χ1) is 23.3. The zero-order valence-corrected chi connectivity index (χ0v) is 30.6. The predicted molar refractivity (Wildman–Crippen MR) is 193 cm³/mol. The first kappa shape index (κ1) is 32.0. The molecule has 9 rings (SSSR count). The maximum Gasteiger partial charge on any atom is 2.00 e. The third kappa shape index (κ3) is 5.33. The molecule has 6 aromatic rings. The molecule has 4 heterocycles. The molecule has 248 valence electrons. The molecule has 1 aliphatic carbocycles. The normalized spacial score (nSPS) is 18.1. The van der Waals surface area contributed by atoms with Crippen LogP contribution in [0.25, 0.3) is 38.8 Å². The van der Waals surface area contributed by atoms with E-state index in [1.54, 1.807) is 0 Å². The Morgan fingerprint density at radius 2 is 1.67 bits per heavy atom. The largest absolute Gasteiger partial charge is 2.00 e. The molecule has 2 aromatic heterocycles. The van der Waals surface area contributed by atoms with Crippen LogP contribution in [0.3, 0.4) is 0 Å². The molecular weight excluding hydrogens is 786 g/mol. The average Bonchev–Trinajstić information content (AvgIpc) is 3.72. The number of aliphatic imine (C=N–C) groups is 1. The van der Waals surface area contributed by atoms with Crippen LogP contribution in [-0.4, -0.2) is 28.1 Å². The van der Waals surface area contributed by atoms with Crippen molar-refractivity contribution in [1.29, 1.82) is 0 Å². The molecule has 2 aliphatic heterocycles. The molecular formula is C43H39N3O2Pt. The number of aromatic nitrogens is 2. The summed E-state index contributed by atoms with van der Waals surface area (Å²) in [5.74, 6) is 3.50.